The number of halogens is 1. The Morgan fingerprint density at radius 3 is 2.75 bits per heavy atom. The van der Waals surface area contributed by atoms with E-state index in [1.807, 2.05) is 6.92 Å². The van der Waals surface area contributed by atoms with Crippen molar-refractivity contribution in [3.63, 3.8) is 0 Å². The zero-order valence-electron chi connectivity index (χ0n) is 11.6. The Balaban J connectivity index is 2.60. The maximum absolute atomic E-state index is 13.0. The quantitative estimate of drug-likeness (QED) is 0.592. The van der Waals surface area contributed by atoms with E-state index < -0.39 is 0 Å². The molecule has 0 heterocycles. The summed E-state index contributed by atoms with van der Waals surface area (Å²) in [6.07, 6.45) is 3.08. The van der Waals surface area contributed by atoms with Crippen LogP contribution in [-0.2, 0) is 14.3 Å². The fraction of sp³-hybridized carbons (Fsp3) is 0.333. The lowest BCUT2D eigenvalue weighted by Crippen LogP contribution is -2.31. The lowest BCUT2D eigenvalue weighted by Gasteiger charge is -2.18. The second-order valence-corrected chi connectivity index (χ2v) is 4.13. The number of amides is 1. The number of nitrogens with zero attached hydrogens (tertiary/aromatic N) is 1. The minimum atomic E-state index is -0.356. The van der Waals surface area contributed by atoms with E-state index in [4.69, 9.17) is 0 Å². The van der Waals surface area contributed by atoms with Crippen molar-refractivity contribution in [3.8, 4) is 0 Å². The van der Waals surface area contributed by atoms with E-state index in [9.17, 15) is 14.0 Å². The number of rotatable bonds is 6. The molecule has 20 heavy (non-hydrogen) atoms. The molecule has 0 unspecified atom stereocenters. The Morgan fingerprint density at radius 2 is 2.15 bits per heavy atom. The highest BCUT2D eigenvalue weighted by Gasteiger charge is 2.10. The maximum Gasteiger partial charge on any atom is 0.307 e. The number of hydrogen-bond acceptors (Lipinski definition) is 3. The van der Waals surface area contributed by atoms with Gasteiger partial charge >= 0.3 is 5.97 Å². The van der Waals surface area contributed by atoms with Crippen LogP contribution >= 0.6 is 0 Å². The Kier molecular flexibility index (Phi) is 6.43. The molecule has 1 rings (SSSR count). The van der Waals surface area contributed by atoms with Crippen molar-refractivity contribution in [2.24, 2.45) is 0 Å². The van der Waals surface area contributed by atoms with Crippen LogP contribution in [0.4, 0.5) is 4.39 Å². The molecule has 0 aliphatic carbocycles. The van der Waals surface area contributed by atoms with Crippen LogP contribution in [0.5, 0.6) is 0 Å². The van der Waals surface area contributed by atoms with Gasteiger partial charge in [-0.05, 0) is 30.7 Å². The highest BCUT2D eigenvalue weighted by Crippen LogP contribution is 2.06. The summed E-state index contributed by atoms with van der Waals surface area (Å²) < 4.78 is 17.5. The van der Waals surface area contributed by atoms with Gasteiger partial charge in [-0.15, -0.1) is 0 Å². The van der Waals surface area contributed by atoms with E-state index in [-0.39, 0.29) is 24.1 Å². The number of hydrogen-bond donors (Lipinski definition) is 0. The van der Waals surface area contributed by atoms with Crippen LogP contribution in [0.1, 0.15) is 18.9 Å². The lowest BCUT2D eigenvalue weighted by molar-refractivity contribution is -0.141. The van der Waals surface area contributed by atoms with Crippen LogP contribution < -0.4 is 0 Å². The second kappa shape index (κ2) is 8.09. The van der Waals surface area contributed by atoms with Gasteiger partial charge in [0.15, 0.2) is 0 Å². The third-order valence-electron chi connectivity index (χ3n) is 2.77. The molecule has 0 saturated carbocycles. The summed E-state index contributed by atoms with van der Waals surface area (Å²) in [6, 6.07) is 5.97. The van der Waals surface area contributed by atoms with Gasteiger partial charge in [0.2, 0.25) is 5.91 Å². The van der Waals surface area contributed by atoms with Crippen molar-refractivity contribution in [1.82, 2.24) is 4.90 Å². The van der Waals surface area contributed by atoms with Crippen molar-refractivity contribution >= 4 is 18.0 Å². The summed E-state index contributed by atoms with van der Waals surface area (Å²) in [4.78, 5) is 24.5. The second-order valence-electron chi connectivity index (χ2n) is 4.13. The minimum Gasteiger partial charge on any atom is -0.469 e. The Hall–Kier alpha value is -2.17. The number of carbonyl (C=O) groups excluding carboxylic acids is 2. The maximum atomic E-state index is 13.0. The monoisotopic (exact) mass is 279 g/mol. The molecule has 0 N–H and O–H groups in total. The molecule has 0 saturated heterocycles. The standard InChI is InChI=1S/C15H18FNO3/c1-3-17(10-9-15(19)20-2)14(18)8-7-12-5-4-6-13(16)11-12/h4-8,11H,3,9-10H2,1-2H3/b8-7+. The number of likely N-dealkylation sites (N-methyl/N-ethyl adjacent to an activating group) is 1. The normalized spacial score (nSPS) is 10.6. The molecule has 0 fully saturated rings. The summed E-state index contributed by atoms with van der Waals surface area (Å²) in [6.45, 7) is 2.62. The zero-order valence-corrected chi connectivity index (χ0v) is 11.6. The number of ether oxygens (including phenoxy) is 1. The Bertz CT molecular complexity index is 500. The van der Waals surface area contributed by atoms with Gasteiger partial charge in [-0.25, -0.2) is 4.39 Å². The Morgan fingerprint density at radius 1 is 1.40 bits per heavy atom. The minimum absolute atomic E-state index is 0.157. The molecule has 1 amide bonds. The van der Waals surface area contributed by atoms with Gasteiger partial charge in [-0.2, -0.15) is 0 Å². The lowest BCUT2D eigenvalue weighted by atomic mass is 10.2. The van der Waals surface area contributed by atoms with Gasteiger partial charge in [-0.1, -0.05) is 12.1 Å². The molecule has 5 heteroatoms. The molecule has 1 aromatic rings. The van der Waals surface area contributed by atoms with Gasteiger partial charge in [0.05, 0.1) is 13.5 Å². The van der Waals surface area contributed by atoms with Gasteiger partial charge < -0.3 is 9.64 Å². The highest BCUT2D eigenvalue weighted by atomic mass is 19.1. The third-order valence-corrected chi connectivity index (χ3v) is 2.77. The van der Waals surface area contributed by atoms with Crippen LogP contribution in [-0.4, -0.2) is 37.0 Å². The number of methoxy groups -OCH3 is 1. The SMILES string of the molecule is CCN(CCC(=O)OC)C(=O)/C=C/c1cccc(F)c1. The predicted molar refractivity (Wildman–Crippen MR) is 74.3 cm³/mol. The summed E-state index contributed by atoms with van der Waals surface area (Å²) in [5, 5.41) is 0. The van der Waals surface area contributed by atoms with Gasteiger partial charge in [0, 0.05) is 19.2 Å². The van der Waals surface area contributed by atoms with Crippen molar-refractivity contribution in [1.29, 1.82) is 0 Å². The zero-order chi connectivity index (χ0) is 15.0. The molecule has 0 radical (unpaired) electrons. The Labute approximate surface area is 117 Å². The smallest absolute Gasteiger partial charge is 0.307 e. The summed E-state index contributed by atoms with van der Waals surface area (Å²) in [5.41, 5.74) is 0.613. The topological polar surface area (TPSA) is 46.6 Å². The number of carbonyl (C=O) groups is 2. The first kappa shape index (κ1) is 15.9. The molecule has 1 aromatic carbocycles. The first-order chi connectivity index (χ1) is 9.56. The fourth-order valence-corrected chi connectivity index (χ4v) is 1.64. The van der Waals surface area contributed by atoms with Crippen LogP contribution in [0.2, 0.25) is 0 Å². The van der Waals surface area contributed by atoms with E-state index >= 15 is 0 Å². The molecule has 0 bridgehead atoms. The third kappa shape index (κ3) is 5.22. The van der Waals surface area contributed by atoms with Crippen molar-refractivity contribution in [3.05, 3.63) is 41.7 Å². The number of esters is 1. The average Bonchev–Trinajstić information content (AvgIpc) is 2.45. The van der Waals surface area contributed by atoms with Crippen molar-refractivity contribution < 1.29 is 18.7 Å². The molecule has 0 spiro atoms. The molecule has 4 nitrogen and oxygen atoms in total. The first-order valence-electron chi connectivity index (χ1n) is 6.36. The van der Waals surface area contributed by atoms with E-state index in [0.29, 0.717) is 18.7 Å². The van der Waals surface area contributed by atoms with E-state index in [2.05, 4.69) is 4.74 Å². The average molecular weight is 279 g/mol. The van der Waals surface area contributed by atoms with Gasteiger partial charge in [-0.3, -0.25) is 9.59 Å². The summed E-state index contributed by atoms with van der Waals surface area (Å²) in [7, 11) is 1.31. The summed E-state index contributed by atoms with van der Waals surface area (Å²) in [5.74, 6) is -0.927. The largest absolute Gasteiger partial charge is 0.469 e. The van der Waals surface area contributed by atoms with Gasteiger partial charge in [0.25, 0.3) is 0 Å². The van der Waals surface area contributed by atoms with Gasteiger partial charge in [0.1, 0.15) is 5.82 Å². The van der Waals surface area contributed by atoms with Crippen molar-refractivity contribution in [2.75, 3.05) is 20.2 Å². The van der Waals surface area contributed by atoms with Crippen LogP contribution in [0.15, 0.2) is 30.3 Å². The summed E-state index contributed by atoms with van der Waals surface area (Å²) >= 11 is 0. The molecular weight excluding hydrogens is 261 g/mol. The molecular formula is C15H18FNO3. The molecule has 108 valence electrons. The van der Waals surface area contributed by atoms with E-state index in [1.54, 1.807) is 18.2 Å². The molecule has 0 aliphatic heterocycles. The molecule has 0 aromatic heterocycles. The van der Waals surface area contributed by atoms with Crippen LogP contribution in [0.3, 0.4) is 0 Å². The van der Waals surface area contributed by atoms with E-state index in [0.717, 1.165) is 0 Å². The molecule has 0 atom stereocenters. The van der Waals surface area contributed by atoms with Crippen LogP contribution in [0, 0.1) is 5.82 Å². The van der Waals surface area contributed by atoms with E-state index in [1.165, 1.54) is 30.2 Å². The van der Waals surface area contributed by atoms with Crippen molar-refractivity contribution in [2.45, 2.75) is 13.3 Å². The predicted octanol–water partition coefficient (Wildman–Crippen LogP) is 2.25. The fourth-order valence-electron chi connectivity index (χ4n) is 1.64. The highest BCUT2D eigenvalue weighted by molar-refractivity contribution is 5.92. The van der Waals surface area contributed by atoms with Crippen LogP contribution in [0.25, 0.3) is 6.08 Å². The molecule has 0 aliphatic rings. The first-order valence-corrected chi connectivity index (χ1v) is 6.36. The number of benzene rings is 1.